The van der Waals surface area contributed by atoms with Crippen molar-refractivity contribution in [3.63, 3.8) is 0 Å². The van der Waals surface area contributed by atoms with Crippen molar-refractivity contribution in [2.45, 2.75) is 0 Å². The van der Waals surface area contributed by atoms with E-state index in [0.29, 0.717) is 5.69 Å². The summed E-state index contributed by atoms with van der Waals surface area (Å²) in [6, 6.07) is 13.3. The van der Waals surface area contributed by atoms with Crippen LogP contribution in [-0.4, -0.2) is 17.2 Å². The average molecular weight is 331 g/mol. The van der Waals surface area contributed by atoms with E-state index < -0.39 is 4.92 Å². The molecule has 0 N–H and O–H groups in total. The zero-order valence-electron chi connectivity index (χ0n) is 12.0. The van der Waals surface area contributed by atoms with E-state index in [1.807, 2.05) is 12.1 Å². The van der Waals surface area contributed by atoms with E-state index in [9.17, 15) is 10.1 Å². The fourth-order valence-corrected chi connectivity index (χ4v) is 2.46. The molecule has 0 unspecified atom stereocenters. The third kappa shape index (κ3) is 2.89. The molecule has 0 atom stereocenters. The molecule has 0 aliphatic rings. The Kier molecular flexibility index (Phi) is 3.99. The number of aromatic nitrogens is 1. The van der Waals surface area contributed by atoms with Gasteiger partial charge in [0.05, 0.1) is 17.1 Å². The molecule has 116 valence electrons. The third-order valence-electron chi connectivity index (χ3n) is 3.33. The van der Waals surface area contributed by atoms with Crippen molar-refractivity contribution < 1.29 is 14.2 Å². The molecular formula is C16H11ClN2O4. The van der Waals surface area contributed by atoms with Gasteiger partial charge in [-0.05, 0) is 30.3 Å². The smallest absolute Gasteiger partial charge is 0.281 e. The van der Waals surface area contributed by atoms with E-state index in [1.165, 1.54) is 12.1 Å². The van der Waals surface area contributed by atoms with Crippen LogP contribution in [0, 0.1) is 10.1 Å². The molecule has 0 saturated heterocycles. The van der Waals surface area contributed by atoms with Crippen molar-refractivity contribution in [2.75, 3.05) is 7.11 Å². The molecule has 3 aromatic rings. The minimum absolute atomic E-state index is 0.130. The van der Waals surface area contributed by atoms with E-state index >= 15 is 0 Å². The maximum absolute atomic E-state index is 11.2. The first kappa shape index (κ1) is 15.1. The Morgan fingerprint density at radius 3 is 2.61 bits per heavy atom. The zero-order chi connectivity index (χ0) is 16.4. The number of rotatable bonds is 4. The predicted octanol–water partition coefficient (Wildman–Crippen LogP) is 4.58. The van der Waals surface area contributed by atoms with Crippen LogP contribution in [0.4, 0.5) is 5.69 Å². The highest BCUT2D eigenvalue weighted by Crippen LogP contribution is 2.37. The minimum atomic E-state index is -0.503. The topological polar surface area (TPSA) is 78.4 Å². The number of ether oxygens (including phenoxy) is 1. The first-order valence-electron chi connectivity index (χ1n) is 6.64. The molecule has 2 aromatic carbocycles. The monoisotopic (exact) mass is 330 g/mol. The fraction of sp³-hybridized carbons (Fsp3) is 0.0625. The van der Waals surface area contributed by atoms with Crippen LogP contribution >= 0.6 is 11.6 Å². The molecule has 0 bridgehead atoms. The Bertz CT molecular complexity index is 859. The van der Waals surface area contributed by atoms with E-state index in [1.54, 1.807) is 31.4 Å². The molecular weight excluding hydrogens is 320 g/mol. The van der Waals surface area contributed by atoms with Crippen LogP contribution < -0.4 is 4.74 Å². The van der Waals surface area contributed by atoms with Gasteiger partial charge in [-0.3, -0.25) is 10.1 Å². The highest BCUT2D eigenvalue weighted by Gasteiger charge is 2.22. The van der Waals surface area contributed by atoms with Gasteiger partial charge in [0.2, 0.25) is 0 Å². The van der Waals surface area contributed by atoms with Crippen LogP contribution in [0.15, 0.2) is 53.1 Å². The van der Waals surface area contributed by atoms with Crippen molar-refractivity contribution in [3.8, 4) is 28.3 Å². The summed E-state index contributed by atoms with van der Waals surface area (Å²) in [5, 5.41) is 15.4. The predicted molar refractivity (Wildman–Crippen MR) is 85.6 cm³/mol. The molecule has 0 aliphatic heterocycles. The van der Waals surface area contributed by atoms with Gasteiger partial charge in [0.15, 0.2) is 5.76 Å². The van der Waals surface area contributed by atoms with Gasteiger partial charge in [0.1, 0.15) is 17.0 Å². The Morgan fingerprint density at radius 1 is 1.22 bits per heavy atom. The van der Waals surface area contributed by atoms with Crippen LogP contribution in [0.5, 0.6) is 5.75 Å². The summed E-state index contributed by atoms with van der Waals surface area (Å²) in [4.78, 5) is 10.7. The number of nitro benzene ring substituents is 1. The number of nitro groups is 1. The summed E-state index contributed by atoms with van der Waals surface area (Å²) < 4.78 is 10.4. The standard InChI is InChI=1S/C16H11ClN2O4/c1-22-11-7-5-10(6-8-11)13-9-15(23-18-13)16-12(17)3-2-4-14(16)19(20)21/h2-9H,1H3. The van der Waals surface area contributed by atoms with Crippen LogP contribution in [0.2, 0.25) is 5.02 Å². The second-order valence-corrected chi connectivity index (χ2v) is 5.10. The minimum Gasteiger partial charge on any atom is -0.497 e. The second kappa shape index (κ2) is 6.10. The summed E-state index contributed by atoms with van der Waals surface area (Å²) in [6.45, 7) is 0. The molecule has 23 heavy (non-hydrogen) atoms. The Hall–Kier alpha value is -2.86. The summed E-state index contributed by atoms with van der Waals surface area (Å²) in [5.74, 6) is 0.965. The molecule has 0 amide bonds. The molecule has 7 heteroatoms. The molecule has 1 aromatic heterocycles. The number of halogens is 1. The van der Waals surface area contributed by atoms with Gasteiger partial charge >= 0.3 is 0 Å². The van der Waals surface area contributed by atoms with Crippen molar-refractivity contribution >= 4 is 17.3 Å². The lowest BCUT2D eigenvalue weighted by molar-refractivity contribution is -0.384. The molecule has 0 fully saturated rings. The van der Waals surface area contributed by atoms with Gasteiger partial charge in [-0.2, -0.15) is 0 Å². The lowest BCUT2D eigenvalue weighted by Gasteiger charge is -2.01. The molecule has 0 spiro atoms. The SMILES string of the molecule is COc1ccc(-c2cc(-c3c(Cl)cccc3[N+](=O)[O-])on2)cc1. The van der Waals surface area contributed by atoms with Gasteiger partial charge in [0.25, 0.3) is 5.69 Å². The first-order valence-corrected chi connectivity index (χ1v) is 7.02. The Labute approximate surface area is 136 Å². The van der Waals surface area contributed by atoms with Gasteiger partial charge in [0, 0.05) is 17.7 Å². The summed E-state index contributed by atoms with van der Waals surface area (Å²) in [5.41, 5.74) is 1.44. The number of methoxy groups -OCH3 is 1. The molecule has 0 aliphatic carbocycles. The normalized spacial score (nSPS) is 10.5. The van der Waals surface area contributed by atoms with Crippen LogP contribution in [0.25, 0.3) is 22.6 Å². The molecule has 0 saturated carbocycles. The zero-order valence-corrected chi connectivity index (χ0v) is 12.8. The number of hydrogen-bond donors (Lipinski definition) is 0. The lowest BCUT2D eigenvalue weighted by atomic mass is 10.1. The lowest BCUT2D eigenvalue weighted by Crippen LogP contribution is -1.91. The number of benzene rings is 2. The first-order chi connectivity index (χ1) is 11.1. The van der Waals surface area contributed by atoms with E-state index in [2.05, 4.69) is 5.16 Å². The average Bonchev–Trinajstić information content (AvgIpc) is 3.04. The fourth-order valence-electron chi connectivity index (χ4n) is 2.20. The second-order valence-electron chi connectivity index (χ2n) is 4.70. The van der Waals surface area contributed by atoms with Crippen LogP contribution in [0.1, 0.15) is 0 Å². The van der Waals surface area contributed by atoms with Gasteiger partial charge in [-0.15, -0.1) is 0 Å². The molecule has 6 nitrogen and oxygen atoms in total. The van der Waals surface area contributed by atoms with E-state index in [4.69, 9.17) is 20.9 Å². The van der Waals surface area contributed by atoms with Crippen LogP contribution in [-0.2, 0) is 0 Å². The quantitative estimate of drug-likeness (QED) is 0.517. The van der Waals surface area contributed by atoms with Crippen LogP contribution in [0.3, 0.4) is 0 Å². The van der Waals surface area contributed by atoms with E-state index in [0.717, 1.165) is 11.3 Å². The van der Waals surface area contributed by atoms with Crippen molar-refractivity contribution in [1.29, 1.82) is 0 Å². The summed E-state index contributed by atoms with van der Waals surface area (Å²) in [6.07, 6.45) is 0. The largest absolute Gasteiger partial charge is 0.497 e. The summed E-state index contributed by atoms with van der Waals surface area (Å²) in [7, 11) is 1.58. The molecule has 3 rings (SSSR count). The third-order valence-corrected chi connectivity index (χ3v) is 3.65. The summed E-state index contributed by atoms with van der Waals surface area (Å²) >= 11 is 6.09. The van der Waals surface area contributed by atoms with Crippen molar-refractivity contribution in [1.82, 2.24) is 5.16 Å². The molecule has 1 heterocycles. The van der Waals surface area contributed by atoms with Gasteiger partial charge in [-0.1, -0.05) is 22.8 Å². The maximum Gasteiger partial charge on any atom is 0.281 e. The van der Waals surface area contributed by atoms with Gasteiger partial charge in [-0.25, -0.2) is 0 Å². The highest BCUT2D eigenvalue weighted by atomic mass is 35.5. The molecule has 0 radical (unpaired) electrons. The van der Waals surface area contributed by atoms with E-state index in [-0.39, 0.29) is 22.0 Å². The van der Waals surface area contributed by atoms with Crippen molar-refractivity contribution in [3.05, 3.63) is 63.7 Å². The highest BCUT2D eigenvalue weighted by molar-refractivity contribution is 6.33. The van der Waals surface area contributed by atoms with Gasteiger partial charge < -0.3 is 9.26 Å². The number of nitrogens with zero attached hydrogens (tertiary/aromatic N) is 2. The maximum atomic E-state index is 11.2. The number of hydrogen-bond acceptors (Lipinski definition) is 5. The van der Waals surface area contributed by atoms with Crippen molar-refractivity contribution in [2.24, 2.45) is 0 Å². The Balaban J connectivity index is 2.04. The Morgan fingerprint density at radius 2 is 1.96 bits per heavy atom.